The SMILES string of the molecule is Cc1cn([C@H]2C=C[C@@H](COP3(=O)OCc4ccccc4N3C)O2)c(=O)[nH]c1=O. The van der Waals surface area contributed by atoms with Crippen molar-refractivity contribution < 1.29 is 18.3 Å². The minimum atomic E-state index is -3.50. The van der Waals surface area contributed by atoms with Crippen LogP contribution in [0, 0.1) is 6.92 Å². The van der Waals surface area contributed by atoms with Crippen molar-refractivity contribution >= 4 is 13.4 Å². The number of H-pyrrole nitrogens is 1. The largest absolute Gasteiger partial charge is 0.435 e. The zero-order valence-corrected chi connectivity index (χ0v) is 16.3. The second-order valence-electron chi connectivity index (χ2n) is 6.62. The molecule has 9 nitrogen and oxygen atoms in total. The standard InChI is InChI=1S/C18H20N3O6P/c1-12-9-21(18(23)19-17(12)22)16-8-7-14(27-16)11-26-28(24)20(2)15-6-4-3-5-13(15)10-25-28/h3-9,14,16H,10-11H2,1-2H3,(H,19,22,23)/t14-,16+,28?/m0/s1. The third kappa shape index (κ3) is 3.38. The first kappa shape index (κ1) is 18.9. The Morgan fingerprint density at radius 1 is 1.29 bits per heavy atom. The minimum absolute atomic E-state index is 0.00608. The molecule has 0 saturated carbocycles. The average Bonchev–Trinajstić information content (AvgIpc) is 3.15. The number of ether oxygens (including phenoxy) is 1. The van der Waals surface area contributed by atoms with Crippen LogP contribution in [0.5, 0.6) is 0 Å². The molecule has 148 valence electrons. The minimum Gasteiger partial charge on any atom is -0.344 e. The van der Waals surface area contributed by atoms with Gasteiger partial charge in [-0.1, -0.05) is 24.3 Å². The number of hydrogen-bond donors (Lipinski definition) is 1. The van der Waals surface area contributed by atoms with Gasteiger partial charge < -0.3 is 4.74 Å². The molecule has 28 heavy (non-hydrogen) atoms. The van der Waals surface area contributed by atoms with E-state index in [-0.39, 0.29) is 13.2 Å². The van der Waals surface area contributed by atoms with E-state index in [1.807, 2.05) is 24.3 Å². The molecule has 3 heterocycles. The maximum absolute atomic E-state index is 13.1. The van der Waals surface area contributed by atoms with Gasteiger partial charge in [-0.2, -0.15) is 0 Å². The van der Waals surface area contributed by atoms with Crippen LogP contribution >= 0.6 is 7.75 Å². The van der Waals surface area contributed by atoms with Gasteiger partial charge in [0.2, 0.25) is 0 Å². The lowest BCUT2D eigenvalue weighted by Gasteiger charge is -2.34. The van der Waals surface area contributed by atoms with E-state index < -0.39 is 31.3 Å². The van der Waals surface area contributed by atoms with E-state index >= 15 is 0 Å². The van der Waals surface area contributed by atoms with E-state index in [0.29, 0.717) is 5.56 Å². The maximum Gasteiger partial charge on any atom is 0.435 e. The topological polar surface area (TPSA) is 103 Å². The Bertz CT molecular complexity index is 1090. The molecule has 0 aliphatic carbocycles. The summed E-state index contributed by atoms with van der Waals surface area (Å²) in [6.45, 7) is 1.80. The normalized spacial score (nSPS) is 26.4. The molecule has 0 bridgehead atoms. The van der Waals surface area contributed by atoms with Gasteiger partial charge in [-0.3, -0.25) is 28.1 Å². The second-order valence-corrected chi connectivity index (χ2v) is 8.67. The van der Waals surface area contributed by atoms with Crippen LogP contribution in [0.2, 0.25) is 0 Å². The lowest BCUT2D eigenvalue weighted by molar-refractivity contribution is -0.00885. The van der Waals surface area contributed by atoms with Crippen molar-refractivity contribution in [3.05, 3.63) is 74.6 Å². The summed E-state index contributed by atoms with van der Waals surface area (Å²) in [5, 5.41) is 0. The zero-order chi connectivity index (χ0) is 19.9. The van der Waals surface area contributed by atoms with Crippen LogP contribution in [0.15, 0.2) is 52.2 Å². The zero-order valence-electron chi connectivity index (χ0n) is 15.4. The lowest BCUT2D eigenvalue weighted by atomic mass is 10.2. The molecule has 4 rings (SSSR count). The molecule has 3 atom stereocenters. The molecule has 1 N–H and O–H groups in total. The Balaban J connectivity index is 1.43. The van der Waals surface area contributed by atoms with Crippen LogP contribution in [0.4, 0.5) is 5.69 Å². The van der Waals surface area contributed by atoms with E-state index in [1.165, 1.54) is 15.4 Å². The smallest absolute Gasteiger partial charge is 0.344 e. The molecule has 0 spiro atoms. The summed E-state index contributed by atoms with van der Waals surface area (Å²) >= 11 is 0. The van der Waals surface area contributed by atoms with Gasteiger partial charge in [0.1, 0.15) is 6.10 Å². The number of anilines is 1. The third-order valence-electron chi connectivity index (χ3n) is 4.72. The number of fused-ring (bicyclic) bond motifs is 1. The second kappa shape index (κ2) is 7.18. The highest BCUT2D eigenvalue weighted by Crippen LogP contribution is 2.57. The van der Waals surface area contributed by atoms with Gasteiger partial charge in [-0.15, -0.1) is 0 Å². The maximum atomic E-state index is 13.1. The van der Waals surface area contributed by atoms with Gasteiger partial charge in [-0.25, -0.2) is 9.36 Å². The molecule has 2 aromatic rings. The van der Waals surface area contributed by atoms with Crippen molar-refractivity contribution in [1.82, 2.24) is 9.55 Å². The predicted octanol–water partition coefficient (Wildman–Crippen LogP) is 2.09. The number of nitrogens with one attached hydrogen (secondary N) is 1. The molecule has 0 fully saturated rings. The van der Waals surface area contributed by atoms with Crippen molar-refractivity contribution in [3.8, 4) is 0 Å². The molecular formula is C18H20N3O6P. The molecule has 0 radical (unpaired) electrons. The molecular weight excluding hydrogens is 385 g/mol. The van der Waals surface area contributed by atoms with Crippen LogP contribution in [-0.4, -0.2) is 29.3 Å². The van der Waals surface area contributed by atoms with Crippen molar-refractivity contribution in [2.45, 2.75) is 25.9 Å². The number of hydrogen-bond acceptors (Lipinski definition) is 6. The third-order valence-corrected chi connectivity index (χ3v) is 6.60. The van der Waals surface area contributed by atoms with Gasteiger partial charge in [0.05, 0.1) is 18.9 Å². The molecule has 1 aromatic carbocycles. The molecule has 10 heteroatoms. The number of benzene rings is 1. The fraction of sp³-hybridized carbons (Fsp3) is 0.333. The molecule has 0 saturated heterocycles. The van der Waals surface area contributed by atoms with Gasteiger partial charge in [0, 0.05) is 24.4 Å². The van der Waals surface area contributed by atoms with Crippen molar-refractivity contribution in [2.24, 2.45) is 0 Å². The highest BCUT2D eigenvalue weighted by atomic mass is 31.2. The average molecular weight is 405 g/mol. The summed E-state index contributed by atoms with van der Waals surface area (Å²) < 4.78 is 32.8. The molecule has 1 aromatic heterocycles. The predicted molar refractivity (Wildman–Crippen MR) is 102 cm³/mol. The molecule has 2 aliphatic rings. The van der Waals surface area contributed by atoms with E-state index in [4.69, 9.17) is 13.8 Å². The van der Waals surface area contributed by atoms with E-state index in [1.54, 1.807) is 26.1 Å². The van der Waals surface area contributed by atoms with Gasteiger partial charge in [0.25, 0.3) is 5.56 Å². The summed E-state index contributed by atoms with van der Waals surface area (Å²) in [5.74, 6) is 0. The first-order valence-corrected chi connectivity index (χ1v) is 10.2. The monoisotopic (exact) mass is 405 g/mol. The van der Waals surface area contributed by atoms with Gasteiger partial charge >= 0.3 is 13.4 Å². The number of nitrogens with zero attached hydrogens (tertiary/aromatic N) is 2. The summed E-state index contributed by atoms with van der Waals surface area (Å²) in [5.41, 5.74) is 1.14. The highest BCUT2D eigenvalue weighted by Gasteiger charge is 2.37. The van der Waals surface area contributed by atoms with Gasteiger partial charge in [-0.05, 0) is 19.1 Å². The Kier molecular flexibility index (Phi) is 4.84. The molecule has 2 aliphatic heterocycles. The summed E-state index contributed by atoms with van der Waals surface area (Å²) in [4.78, 5) is 25.7. The van der Waals surface area contributed by atoms with E-state index in [9.17, 15) is 14.2 Å². The fourth-order valence-corrected chi connectivity index (χ4v) is 4.64. The first-order valence-electron chi connectivity index (χ1n) is 8.74. The number of para-hydroxylation sites is 1. The van der Waals surface area contributed by atoms with Crippen molar-refractivity contribution in [2.75, 3.05) is 18.3 Å². The number of aromatic nitrogens is 2. The quantitative estimate of drug-likeness (QED) is 0.614. The Morgan fingerprint density at radius 3 is 2.89 bits per heavy atom. The molecule has 0 amide bonds. The van der Waals surface area contributed by atoms with E-state index in [2.05, 4.69) is 4.98 Å². The molecule has 1 unspecified atom stereocenters. The van der Waals surface area contributed by atoms with Crippen LogP contribution in [0.1, 0.15) is 17.4 Å². The Morgan fingerprint density at radius 2 is 2.07 bits per heavy atom. The van der Waals surface area contributed by atoms with Crippen LogP contribution in [0.25, 0.3) is 0 Å². The first-order chi connectivity index (χ1) is 13.4. The van der Waals surface area contributed by atoms with Crippen LogP contribution in [-0.2, 0) is 25.0 Å². The fourth-order valence-electron chi connectivity index (χ4n) is 3.13. The number of rotatable bonds is 4. The Hall–Kier alpha value is -2.45. The summed E-state index contributed by atoms with van der Waals surface area (Å²) in [6, 6.07) is 7.53. The van der Waals surface area contributed by atoms with E-state index in [0.717, 1.165) is 11.3 Å². The summed E-state index contributed by atoms with van der Waals surface area (Å²) in [7, 11) is -1.84. The summed E-state index contributed by atoms with van der Waals surface area (Å²) in [6.07, 6.45) is 3.66. The van der Waals surface area contributed by atoms with Crippen molar-refractivity contribution in [3.63, 3.8) is 0 Å². The van der Waals surface area contributed by atoms with Gasteiger partial charge in [0.15, 0.2) is 6.23 Å². The number of aromatic amines is 1. The van der Waals surface area contributed by atoms with Crippen LogP contribution in [0.3, 0.4) is 0 Å². The van der Waals surface area contributed by atoms with Crippen LogP contribution < -0.4 is 15.9 Å². The van der Waals surface area contributed by atoms with Crippen molar-refractivity contribution in [1.29, 1.82) is 0 Å². The lowest BCUT2D eigenvalue weighted by Crippen LogP contribution is -2.33. The Labute approximate surface area is 160 Å². The number of aryl methyl sites for hydroxylation is 1. The highest BCUT2D eigenvalue weighted by molar-refractivity contribution is 7.55.